The van der Waals surface area contributed by atoms with E-state index in [1.165, 1.54) is 0 Å². The molecule has 1 saturated heterocycles. The molecular formula is C8H18O4. The van der Waals surface area contributed by atoms with E-state index in [4.69, 9.17) is 5.11 Å². The summed E-state index contributed by atoms with van der Waals surface area (Å²) < 4.78 is 4.55. The minimum Gasteiger partial charge on any atom is -0.391 e. The van der Waals surface area contributed by atoms with Crippen molar-refractivity contribution in [1.82, 2.24) is 0 Å². The molecule has 1 aliphatic rings. The van der Waals surface area contributed by atoms with Gasteiger partial charge in [0.1, 0.15) is 0 Å². The monoisotopic (exact) mass is 178 g/mol. The summed E-state index contributed by atoms with van der Waals surface area (Å²) >= 11 is 0. The molecule has 0 aromatic heterocycles. The summed E-state index contributed by atoms with van der Waals surface area (Å²) in [6, 6.07) is 0. The summed E-state index contributed by atoms with van der Waals surface area (Å²) in [7, 11) is 1.56. The van der Waals surface area contributed by atoms with Gasteiger partial charge in [0, 0.05) is 7.11 Å². The van der Waals surface area contributed by atoms with Crippen molar-refractivity contribution < 1.29 is 19.6 Å². The molecule has 0 aromatic rings. The maximum absolute atomic E-state index is 8.43. The summed E-state index contributed by atoms with van der Waals surface area (Å²) in [4.78, 5) is 9.14. The van der Waals surface area contributed by atoms with Gasteiger partial charge in [0.15, 0.2) is 0 Å². The maximum Gasteiger partial charge on any atom is 0.0823 e. The van der Waals surface area contributed by atoms with E-state index in [9.17, 15) is 0 Å². The van der Waals surface area contributed by atoms with Crippen LogP contribution in [-0.2, 0) is 14.5 Å². The minimum atomic E-state index is -0.324. The fraction of sp³-hybridized carbons (Fsp3) is 1.00. The minimum absolute atomic E-state index is 0.324. The molecule has 74 valence electrons. The molecule has 0 bridgehead atoms. The molecule has 1 atom stereocenters. The van der Waals surface area contributed by atoms with Crippen molar-refractivity contribution in [2.75, 3.05) is 26.9 Å². The van der Waals surface area contributed by atoms with Crippen LogP contribution in [0.15, 0.2) is 0 Å². The third-order valence-corrected chi connectivity index (χ3v) is 1.20. The predicted octanol–water partition coefficient (Wildman–Crippen LogP) is 0.742. The van der Waals surface area contributed by atoms with Crippen LogP contribution in [-0.4, -0.2) is 38.1 Å². The molecule has 4 nitrogen and oxygen atoms in total. The number of rotatable bonds is 2. The van der Waals surface area contributed by atoms with E-state index >= 15 is 0 Å². The Morgan fingerprint density at radius 2 is 1.83 bits per heavy atom. The van der Waals surface area contributed by atoms with Crippen molar-refractivity contribution >= 4 is 0 Å². The van der Waals surface area contributed by atoms with Gasteiger partial charge >= 0.3 is 0 Å². The molecular weight excluding hydrogens is 160 g/mol. The van der Waals surface area contributed by atoms with Crippen LogP contribution in [0.4, 0.5) is 0 Å². The van der Waals surface area contributed by atoms with Crippen molar-refractivity contribution in [3.63, 3.8) is 0 Å². The van der Waals surface area contributed by atoms with Gasteiger partial charge in [0.2, 0.25) is 0 Å². The average Bonchev–Trinajstić information content (AvgIpc) is 2.08. The molecule has 0 aromatic carbocycles. The van der Waals surface area contributed by atoms with Gasteiger partial charge in [0.25, 0.3) is 0 Å². The molecule has 0 amide bonds. The Labute approximate surface area is 73.4 Å². The second-order valence-corrected chi connectivity index (χ2v) is 2.66. The molecule has 1 heterocycles. The van der Waals surface area contributed by atoms with E-state index < -0.39 is 0 Å². The van der Waals surface area contributed by atoms with Crippen LogP contribution in [0.1, 0.15) is 19.8 Å². The van der Waals surface area contributed by atoms with E-state index in [1.807, 2.05) is 0 Å². The highest BCUT2D eigenvalue weighted by Crippen LogP contribution is 1.97. The summed E-state index contributed by atoms with van der Waals surface area (Å²) in [6.45, 7) is 3.67. The number of aliphatic hydroxyl groups is 1. The van der Waals surface area contributed by atoms with Crippen molar-refractivity contribution in [3.05, 3.63) is 0 Å². The van der Waals surface area contributed by atoms with Crippen LogP contribution in [0.25, 0.3) is 0 Å². The SMILES string of the molecule is C1CCOOC1.COCC(C)O. The highest BCUT2D eigenvalue weighted by molar-refractivity contribution is 4.37. The van der Waals surface area contributed by atoms with Crippen LogP contribution >= 0.6 is 0 Å². The van der Waals surface area contributed by atoms with Gasteiger partial charge in [0.05, 0.1) is 25.9 Å². The molecule has 0 spiro atoms. The zero-order valence-electron chi connectivity index (χ0n) is 7.78. The first-order valence-electron chi connectivity index (χ1n) is 4.18. The largest absolute Gasteiger partial charge is 0.391 e. The summed E-state index contributed by atoms with van der Waals surface area (Å²) in [5.74, 6) is 0. The van der Waals surface area contributed by atoms with Crippen molar-refractivity contribution in [3.8, 4) is 0 Å². The van der Waals surface area contributed by atoms with Gasteiger partial charge in [-0.1, -0.05) is 0 Å². The normalized spacial score (nSPS) is 19.2. The second-order valence-electron chi connectivity index (χ2n) is 2.66. The first-order chi connectivity index (χ1) is 5.77. The second kappa shape index (κ2) is 8.93. The van der Waals surface area contributed by atoms with E-state index in [-0.39, 0.29) is 6.10 Å². The molecule has 1 N–H and O–H groups in total. The lowest BCUT2D eigenvalue weighted by Gasteiger charge is -2.07. The molecule has 0 aliphatic carbocycles. The van der Waals surface area contributed by atoms with E-state index in [1.54, 1.807) is 14.0 Å². The summed E-state index contributed by atoms with van der Waals surface area (Å²) in [5.41, 5.74) is 0. The van der Waals surface area contributed by atoms with Crippen LogP contribution in [0.5, 0.6) is 0 Å². The molecule has 0 radical (unpaired) electrons. The summed E-state index contributed by atoms with van der Waals surface area (Å²) in [5, 5.41) is 8.43. The highest BCUT2D eigenvalue weighted by Gasteiger charge is 1.95. The van der Waals surface area contributed by atoms with Gasteiger partial charge in [-0.25, -0.2) is 9.78 Å². The third-order valence-electron chi connectivity index (χ3n) is 1.20. The van der Waals surface area contributed by atoms with Gasteiger partial charge in [-0.3, -0.25) is 0 Å². The quantitative estimate of drug-likeness (QED) is 0.634. The lowest BCUT2D eigenvalue weighted by atomic mass is 10.3. The highest BCUT2D eigenvalue weighted by atomic mass is 17.2. The lowest BCUT2D eigenvalue weighted by Crippen LogP contribution is -2.07. The smallest absolute Gasteiger partial charge is 0.0823 e. The molecule has 1 unspecified atom stereocenters. The van der Waals surface area contributed by atoms with Crippen molar-refractivity contribution in [2.45, 2.75) is 25.9 Å². The number of ether oxygens (including phenoxy) is 1. The Hall–Kier alpha value is -0.160. The van der Waals surface area contributed by atoms with E-state index in [0.717, 1.165) is 26.1 Å². The van der Waals surface area contributed by atoms with E-state index in [2.05, 4.69) is 14.5 Å². The standard InChI is InChI=1S/C4H8O2.C4H10O2/c1-2-4-6-5-3-1;1-4(5)3-6-2/h1-4H2;4-5H,3H2,1-2H3. The van der Waals surface area contributed by atoms with Crippen LogP contribution < -0.4 is 0 Å². The number of methoxy groups -OCH3 is 1. The Kier molecular flexibility index (Phi) is 8.81. The average molecular weight is 178 g/mol. The van der Waals surface area contributed by atoms with Crippen molar-refractivity contribution in [2.24, 2.45) is 0 Å². The van der Waals surface area contributed by atoms with Crippen LogP contribution in [0, 0.1) is 0 Å². The fourth-order valence-corrected chi connectivity index (χ4v) is 0.681. The first-order valence-corrected chi connectivity index (χ1v) is 4.18. The molecule has 1 fully saturated rings. The molecule has 4 heteroatoms. The molecule has 12 heavy (non-hydrogen) atoms. The van der Waals surface area contributed by atoms with Crippen LogP contribution in [0.3, 0.4) is 0 Å². The number of hydrogen-bond donors (Lipinski definition) is 1. The third kappa shape index (κ3) is 9.84. The maximum atomic E-state index is 8.43. The van der Waals surface area contributed by atoms with Gasteiger partial charge in [-0.05, 0) is 19.8 Å². The predicted molar refractivity (Wildman–Crippen MR) is 44.7 cm³/mol. The molecule has 0 saturated carbocycles. The molecule has 1 aliphatic heterocycles. The Morgan fingerprint density at radius 1 is 1.33 bits per heavy atom. The Morgan fingerprint density at radius 3 is 1.92 bits per heavy atom. The van der Waals surface area contributed by atoms with Crippen LogP contribution in [0.2, 0.25) is 0 Å². The zero-order chi connectivity index (χ0) is 9.23. The van der Waals surface area contributed by atoms with E-state index in [0.29, 0.717) is 6.61 Å². The Balaban J connectivity index is 0.000000202. The van der Waals surface area contributed by atoms with Crippen molar-refractivity contribution in [1.29, 1.82) is 0 Å². The Bertz CT molecular complexity index is 69.6. The number of aliphatic hydroxyl groups excluding tert-OH is 1. The topological polar surface area (TPSA) is 47.9 Å². The summed E-state index contributed by atoms with van der Waals surface area (Å²) in [6.07, 6.45) is 1.98. The fourth-order valence-electron chi connectivity index (χ4n) is 0.681. The zero-order valence-corrected chi connectivity index (χ0v) is 7.78. The van der Waals surface area contributed by atoms with Gasteiger partial charge in [-0.2, -0.15) is 0 Å². The lowest BCUT2D eigenvalue weighted by molar-refractivity contribution is -0.312. The number of hydrogen-bond acceptors (Lipinski definition) is 4. The van der Waals surface area contributed by atoms with Gasteiger partial charge < -0.3 is 9.84 Å². The molecule has 1 rings (SSSR count). The van der Waals surface area contributed by atoms with Gasteiger partial charge in [-0.15, -0.1) is 0 Å². The first kappa shape index (κ1) is 11.8.